The van der Waals surface area contributed by atoms with Gasteiger partial charge in [-0.15, -0.1) is 6.58 Å². The average Bonchev–Trinajstić information content (AvgIpc) is 2.93. The molecular weight excluding hydrogens is 528 g/mol. The fourth-order valence-electron chi connectivity index (χ4n) is 3.59. The quantitative estimate of drug-likeness (QED) is 0.0352. The lowest BCUT2D eigenvalue weighted by molar-refractivity contribution is -0.132. The van der Waals surface area contributed by atoms with E-state index in [1.807, 2.05) is 0 Å². The first kappa shape index (κ1) is 34.2. The monoisotopic (exact) mass is 565 g/mol. The lowest BCUT2D eigenvalue weighted by Gasteiger charge is -2.30. The van der Waals surface area contributed by atoms with Crippen molar-refractivity contribution in [2.24, 2.45) is 16.9 Å². The van der Waals surface area contributed by atoms with E-state index in [4.69, 9.17) is 5.11 Å². The van der Waals surface area contributed by atoms with Crippen molar-refractivity contribution in [2.45, 2.75) is 33.6 Å². The number of aliphatic carboxylic acids is 1. The van der Waals surface area contributed by atoms with Gasteiger partial charge in [0.05, 0.1) is 17.1 Å². The van der Waals surface area contributed by atoms with Gasteiger partial charge in [0.1, 0.15) is 5.76 Å². The third-order valence-electron chi connectivity index (χ3n) is 6.09. The van der Waals surface area contributed by atoms with E-state index in [0.29, 0.717) is 35.4 Å². The van der Waals surface area contributed by atoms with Crippen LogP contribution in [0.15, 0.2) is 127 Å². The van der Waals surface area contributed by atoms with Gasteiger partial charge in [-0.05, 0) is 44.1 Å². The Labute approximate surface area is 240 Å². The summed E-state index contributed by atoms with van der Waals surface area (Å²) in [5.41, 5.74) is 5.14. The third kappa shape index (κ3) is 10.4. The summed E-state index contributed by atoms with van der Waals surface area (Å²) >= 11 is 0. The first-order valence-corrected chi connectivity index (χ1v) is 12.6. The number of benzene rings is 1. The Morgan fingerprint density at radius 2 is 1.83 bits per heavy atom. The molecule has 1 aromatic carbocycles. The number of carbonyl (C=O) groups is 2. The minimum atomic E-state index is -2.67. The van der Waals surface area contributed by atoms with E-state index in [0.717, 1.165) is 6.08 Å². The maximum absolute atomic E-state index is 13.5. The van der Waals surface area contributed by atoms with Crippen molar-refractivity contribution in [3.63, 3.8) is 0 Å². The zero-order valence-electron chi connectivity index (χ0n) is 23.6. The van der Waals surface area contributed by atoms with Gasteiger partial charge in [-0.3, -0.25) is 15.1 Å². The number of nitrogens with one attached hydrogen (secondary N) is 1. The molecule has 1 amide bonds. The van der Waals surface area contributed by atoms with Crippen LogP contribution in [0.1, 0.15) is 32.8 Å². The molecule has 7 nitrogen and oxygen atoms in total. The highest BCUT2D eigenvalue weighted by molar-refractivity contribution is 6.05. The number of halogens is 2. The molecule has 3 N–H and O–H groups in total. The summed E-state index contributed by atoms with van der Waals surface area (Å²) in [6.45, 7) is 19.6. The number of hydrogen-bond donors (Lipinski definition) is 3. The van der Waals surface area contributed by atoms with E-state index in [2.05, 4.69) is 36.8 Å². The standard InChI is InChI=1S/C32H37F2N3O4/c1-8-14-28(30(39)19-21(3)15-10-11-16-22(4)32(40)41)36-35-24(6)27-17-12-13-18-29(27)37(20-38)25(7)23(5)26(9-2)31(33)34/h8-10,12-20,23,26,31,36,39H,1-3,7,11H2,4-6H3,(H,40,41)/b15-10-,22-16+,28-14+,30-19-,35-24+. The van der Waals surface area contributed by atoms with Crippen molar-refractivity contribution in [3.05, 3.63) is 127 Å². The molecule has 0 heterocycles. The van der Waals surface area contributed by atoms with Crippen molar-refractivity contribution < 1.29 is 28.6 Å². The zero-order chi connectivity index (χ0) is 31.1. The number of amides is 1. The highest BCUT2D eigenvalue weighted by atomic mass is 19.3. The molecule has 2 atom stereocenters. The molecule has 1 rings (SSSR count). The molecule has 0 bridgehead atoms. The van der Waals surface area contributed by atoms with Crippen LogP contribution >= 0.6 is 0 Å². The second-order valence-corrected chi connectivity index (χ2v) is 8.98. The van der Waals surface area contributed by atoms with Gasteiger partial charge in [-0.2, -0.15) is 5.10 Å². The third-order valence-corrected chi connectivity index (χ3v) is 6.09. The van der Waals surface area contributed by atoms with Crippen LogP contribution < -0.4 is 10.3 Å². The Hall–Kier alpha value is -4.79. The smallest absolute Gasteiger partial charge is 0.330 e. The summed E-state index contributed by atoms with van der Waals surface area (Å²) in [7, 11) is 0. The number of carbonyl (C=O) groups excluding carboxylic acids is 1. The minimum absolute atomic E-state index is 0.173. The number of hydrogen-bond acceptors (Lipinski definition) is 5. The SMILES string of the molecule is C=C/C=C(N/N=C(\C)c1ccccc1N(C=O)C(=C)C(C)C(C=C)C(F)F)\C(O)=C\C(=C)/C=C\C/C=C(\C)C(=O)O. The molecule has 0 aromatic heterocycles. The lowest BCUT2D eigenvalue weighted by atomic mass is 9.91. The number of carboxylic acids is 1. The Kier molecular flexibility index (Phi) is 14.2. The van der Waals surface area contributed by atoms with E-state index in [-0.39, 0.29) is 22.7 Å². The van der Waals surface area contributed by atoms with Gasteiger partial charge < -0.3 is 10.2 Å². The number of anilines is 1. The van der Waals surface area contributed by atoms with Crippen LogP contribution in [0.25, 0.3) is 0 Å². The molecule has 0 aliphatic carbocycles. The molecule has 0 spiro atoms. The fourth-order valence-corrected chi connectivity index (χ4v) is 3.59. The Morgan fingerprint density at radius 1 is 1.17 bits per heavy atom. The average molecular weight is 566 g/mol. The van der Waals surface area contributed by atoms with Gasteiger partial charge in [-0.1, -0.05) is 75.2 Å². The van der Waals surface area contributed by atoms with Crippen LogP contribution in [-0.4, -0.2) is 34.7 Å². The van der Waals surface area contributed by atoms with Crippen molar-refractivity contribution in [3.8, 4) is 0 Å². The number of allylic oxidation sites excluding steroid dienone is 9. The maximum Gasteiger partial charge on any atom is 0.330 e. The van der Waals surface area contributed by atoms with Gasteiger partial charge in [0, 0.05) is 28.7 Å². The molecule has 0 fully saturated rings. The van der Waals surface area contributed by atoms with Crippen LogP contribution in [-0.2, 0) is 9.59 Å². The van der Waals surface area contributed by atoms with E-state index in [9.17, 15) is 23.5 Å². The van der Waals surface area contributed by atoms with E-state index < -0.39 is 24.2 Å². The molecular formula is C32H37F2N3O4. The molecule has 0 radical (unpaired) electrons. The molecule has 0 saturated heterocycles. The summed E-state index contributed by atoms with van der Waals surface area (Å²) in [6.07, 6.45) is 8.59. The number of para-hydroxylation sites is 1. The van der Waals surface area contributed by atoms with Gasteiger partial charge in [0.25, 0.3) is 0 Å². The van der Waals surface area contributed by atoms with Crippen LogP contribution in [0.4, 0.5) is 14.5 Å². The van der Waals surface area contributed by atoms with E-state index >= 15 is 0 Å². The number of rotatable bonds is 17. The second-order valence-electron chi connectivity index (χ2n) is 8.98. The number of aliphatic hydroxyl groups is 1. The van der Waals surface area contributed by atoms with Crippen molar-refractivity contribution >= 4 is 23.8 Å². The number of hydrazone groups is 1. The van der Waals surface area contributed by atoms with Crippen molar-refractivity contribution in [2.75, 3.05) is 4.90 Å². The predicted octanol–water partition coefficient (Wildman–Crippen LogP) is 7.23. The Balaban J connectivity index is 3.23. The molecule has 2 unspecified atom stereocenters. The van der Waals surface area contributed by atoms with E-state index in [1.54, 1.807) is 56.3 Å². The maximum atomic E-state index is 13.5. The van der Waals surface area contributed by atoms with Gasteiger partial charge in [0.15, 0.2) is 0 Å². The summed E-state index contributed by atoms with van der Waals surface area (Å²) in [4.78, 5) is 24.2. The first-order valence-electron chi connectivity index (χ1n) is 12.6. The highest BCUT2D eigenvalue weighted by Crippen LogP contribution is 2.32. The van der Waals surface area contributed by atoms with E-state index in [1.165, 1.54) is 30.1 Å². The van der Waals surface area contributed by atoms with Gasteiger partial charge >= 0.3 is 5.97 Å². The minimum Gasteiger partial charge on any atom is -0.506 e. The summed E-state index contributed by atoms with van der Waals surface area (Å²) in [5.74, 6) is -3.15. The second kappa shape index (κ2) is 17.0. The zero-order valence-corrected chi connectivity index (χ0v) is 23.6. The largest absolute Gasteiger partial charge is 0.506 e. The van der Waals surface area contributed by atoms with Gasteiger partial charge in [0.2, 0.25) is 12.8 Å². The highest BCUT2D eigenvalue weighted by Gasteiger charge is 2.29. The molecule has 9 heteroatoms. The lowest BCUT2D eigenvalue weighted by Crippen LogP contribution is -2.30. The van der Waals surface area contributed by atoms with Crippen molar-refractivity contribution in [1.82, 2.24) is 5.43 Å². The summed E-state index contributed by atoms with van der Waals surface area (Å²) in [6, 6.07) is 6.79. The number of nitrogens with zero attached hydrogens (tertiary/aromatic N) is 2. The number of alkyl halides is 2. The summed E-state index contributed by atoms with van der Waals surface area (Å²) in [5, 5.41) is 23.9. The topological polar surface area (TPSA) is 102 Å². The molecule has 1 aromatic rings. The first-order chi connectivity index (χ1) is 19.4. The van der Waals surface area contributed by atoms with Crippen molar-refractivity contribution in [1.29, 1.82) is 0 Å². The Bertz CT molecular complexity index is 1310. The fraction of sp³-hybridized carbons (Fsp3) is 0.219. The molecule has 0 saturated carbocycles. The van der Waals surface area contributed by atoms with Crippen LogP contribution in [0.3, 0.4) is 0 Å². The molecule has 218 valence electrons. The number of carboxylic acid groups (broad SMARTS) is 1. The molecule has 41 heavy (non-hydrogen) atoms. The number of aliphatic hydroxyl groups excluding tert-OH is 1. The summed E-state index contributed by atoms with van der Waals surface area (Å²) < 4.78 is 27.0. The van der Waals surface area contributed by atoms with Crippen LogP contribution in [0.5, 0.6) is 0 Å². The van der Waals surface area contributed by atoms with Crippen LogP contribution in [0.2, 0.25) is 0 Å². The Morgan fingerprint density at radius 3 is 2.39 bits per heavy atom. The normalized spacial score (nSPS) is 14.4. The predicted molar refractivity (Wildman–Crippen MR) is 162 cm³/mol. The molecule has 0 aliphatic heterocycles. The van der Waals surface area contributed by atoms with Gasteiger partial charge in [-0.25, -0.2) is 13.6 Å². The molecule has 0 aliphatic rings. The van der Waals surface area contributed by atoms with Crippen LogP contribution in [0, 0.1) is 11.8 Å².